The smallest absolute Gasteiger partial charge is 0.325 e. The van der Waals surface area contributed by atoms with E-state index in [-0.39, 0.29) is 18.6 Å². The van der Waals surface area contributed by atoms with Crippen molar-refractivity contribution in [3.05, 3.63) is 30.1 Å². The zero-order valence-corrected chi connectivity index (χ0v) is 9.42. The number of nitrogens with zero attached hydrogens (tertiary/aromatic N) is 2. The number of carbonyl (C=O) groups excluding carboxylic acids is 2. The maximum Gasteiger partial charge on any atom is 0.325 e. The van der Waals surface area contributed by atoms with Gasteiger partial charge in [-0.3, -0.25) is 9.78 Å². The van der Waals surface area contributed by atoms with E-state index in [9.17, 15) is 9.59 Å². The lowest BCUT2D eigenvalue weighted by Crippen LogP contribution is -2.33. The van der Waals surface area contributed by atoms with E-state index < -0.39 is 5.97 Å². The molecule has 2 rings (SSSR count). The molecule has 1 aliphatic heterocycles. The zero-order chi connectivity index (χ0) is 12.3. The molecular formula is C11H13N3O3. The predicted octanol–water partition coefficient (Wildman–Crippen LogP) is 0.321. The van der Waals surface area contributed by atoms with Crippen LogP contribution >= 0.6 is 0 Å². The molecular weight excluding hydrogens is 222 g/mol. The van der Waals surface area contributed by atoms with Crippen molar-refractivity contribution >= 4 is 12.0 Å². The van der Waals surface area contributed by atoms with Gasteiger partial charge in [0.05, 0.1) is 18.8 Å². The molecule has 1 aromatic rings. The molecule has 90 valence electrons. The highest BCUT2D eigenvalue weighted by molar-refractivity contribution is 5.82. The average Bonchev–Trinajstić information content (AvgIpc) is 2.72. The van der Waals surface area contributed by atoms with Gasteiger partial charge >= 0.3 is 12.0 Å². The molecule has 6 heteroatoms. The first kappa shape index (κ1) is 11.4. The number of amides is 2. The highest BCUT2D eigenvalue weighted by Crippen LogP contribution is 2.17. The van der Waals surface area contributed by atoms with E-state index >= 15 is 0 Å². The Morgan fingerprint density at radius 1 is 1.65 bits per heavy atom. The lowest BCUT2D eigenvalue weighted by molar-refractivity contribution is -0.141. The van der Waals surface area contributed by atoms with Gasteiger partial charge in [0.1, 0.15) is 6.54 Å². The van der Waals surface area contributed by atoms with E-state index in [4.69, 9.17) is 0 Å². The second-order valence-corrected chi connectivity index (χ2v) is 3.71. The monoisotopic (exact) mass is 235 g/mol. The van der Waals surface area contributed by atoms with Crippen molar-refractivity contribution in [2.45, 2.75) is 6.04 Å². The first-order valence-corrected chi connectivity index (χ1v) is 5.24. The second-order valence-electron chi connectivity index (χ2n) is 3.71. The third-order valence-corrected chi connectivity index (χ3v) is 2.58. The Morgan fingerprint density at radius 3 is 3.12 bits per heavy atom. The Bertz CT molecular complexity index is 421. The topological polar surface area (TPSA) is 71.5 Å². The third-order valence-electron chi connectivity index (χ3n) is 2.58. The molecule has 1 aromatic heterocycles. The van der Waals surface area contributed by atoms with Crippen molar-refractivity contribution in [1.82, 2.24) is 15.2 Å². The van der Waals surface area contributed by atoms with Gasteiger partial charge in [0.2, 0.25) is 0 Å². The molecule has 2 heterocycles. The van der Waals surface area contributed by atoms with Gasteiger partial charge in [-0.15, -0.1) is 0 Å². The van der Waals surface area contributed by atoms with Crippen molar-refractivity contribution in [3.8, 4) is 0 Å². The number of hydrogen-bond acceptors (Lipinski definition) is 4. The number of methoxy groups -OCH3 is 1. The number of aromatic nitrogens is 1. The molecule has 1 aliphatic rings. The van der Waals surface area contributed by atoms with Crippen LogP contribution in [0.3, 0.4) is 0 Å². The number of ether oxygens (including phenoxy) is 1. The molecule has 1 saturated heterocycles. The molecule has 0 aromatic carbocycles. The number of esters is 1. The quantitative estimate of drug-likeness (QED) is 0.766. The molecule has 0 aliphatic carbocycles. The number of urea groups is 1. The van der Waals surface area contributed by atoms with Crippen LogP contribution in [0.15, 0.2) is 24.4 Å². The molecule has 2 amide bonds. The normalized spacial score (nSPS) is 19.0. The standard InChI is InChI=1S/C11H13N3O3/c1-17-10(15)7-14-6-9(13-11(14)16)8-4-2-3-5-12-8/h2-5,9H,6-7H2,1H3,(H,13,16). The molecule has 1 fully saturated rings. The summed E-state index contributed by atoms with van der Waals surface area (Å²) in [5.41, 5.74) is 0.785. The van der Waals surface area contributed by atoms with Gasteiger partial charge in [-0.05, 0) is 12.1 Å². The molecule has 1 N–H and O–H groups in total. The summed E-state index contributed by atoms with van der Waals surface area (Å²) >= 11 is 0. The Morgan fingerprint density at radius 2 is 2.47 bits per heavy atom. The average molecular weight is 235 g/mol. The van der Waals surface area contributed by atoms with Gasteiger partial charge in [0.25, 0.3) is 0 Å². The summed E-state index contributed by atoms with van der Waals surface area (Å²) in [6, 6.07) is 5.07. The summed E-state index contributed by atoms with van der Waals surface area (Å²) in [7, 11) is 1.30. The highest BCUT2D eigenvalue weighted by atomic mass is 16.5. The van der Waals surface area contributed by atoms with Gasteiger partial charge in [0, 0.05) is 12.7 Å². The SMILES string of the molecule is COC(=O)CN1CC(c2ccccn2)NC1=O. The van der Waals surface area contributed by atoms with E-state index in [2.05, 4.69) is 15.0 Å². The molecule has 1 unspecified atom stereocenters. The number of pyridine rings is 1. The molecule has 17 heavy (non-hydrogen) atoms. The second kappa shape index (κ2) is 4.82. The van der Waals surface area contributed by atoms with Crippen LogP contribution in [0.1, 0.15) is 11.7 Å². The fourth-order valence-corrected chi connectivity index (χ4v) is 1.70. The lowest BCUT2D eigenvalue weighted by atomic mass is 10.2. The van der Waals surface area contributed by atoms with E-state index in [1.807, 2.05) is 18.2 Å². The van der Waals surface area contributed by atoms with Crippen LogP contribution in [-0.2, 0) is 9.53 Å². The van der Waals surface area contributed by atoms with Gasteiger partial charge < -0.3 is 15.0 Å². The summed E-state index contributed by atoms with van der Waals surface area (Å²) in [6.07, 6.45) is 1.67. The van der Waals surface area contributed by atoms with E-state index in [1.54, 1.807) is 6.20 Å². The molecule has 0 bridgehead atoms. The van der Waals surface area contributed by atoms with Crippen molar-refractivity contribution in [2.24, 2.45) is 0 Å². The highest BCUT2D eigenvalue weighted by Gasteiger charge is 2.31. The first-order valence-electron chi connectivity index (χ1n) is 5.24. The molecule has 0 spiro atoms. The van der Waals surface area contributed by atoms with Crippen LogP contribution in [0.4, 0.5) is 4.79 Å². The summed E-state index contributed by atoms with van der Waals surface area (Å²) in [6.45, 7) is 0.386. The Hall–Kier alpha value is -2.11. The minimum atomic E-state index is -0.429. The number of carbonyl (C=O) groups is 2. The molecule has 0 radical (unpaired) electrons. The largest absolute Gasteiger partial charge is 0.468 e. The van der Waals surface area contributed by atoms with Crippen molar-refractivity contribution in [3.63, 3.8) is 0 Å². The summed E-state index contributed by atoms with van der Waals surface area (Å²) in [4.78, 5) is 28.3. The van der Waals surface area contributed by atoms with E-state index in [0.717, 1.165) is 5.69 Å². The van der Waals surface area contributed by atoms with Gasteiger partial charge in [0.15, 0.2) is 0 Å². The zero-order valence-electron chi connectivity index (χ0n) is 9.42. The fourth-order valence-electron chi connectivity index (χ4n) is 1.70. The Balaban J connectivity index is 2.02. The molecule has 1 atom stereocenters. The van der Waals surface area contributed by atoms with Crippen LogP contribution in [-0.4, -0.2) is 42.1 Å². The predicted molar refractivity (Wildman–Crippen MR) is 59.1 cm³/mol. The Labute approximate surface area is 98.6 Å². The summed E-state index contributed by atoms with van der Waals surface area (Å²) < 4.78 is 4.53. The molecule has 0 saturated carbocycles. The van der Waals surface area contributed by atoms with E-state index in [1.165, 1.54) is 12.0 Å². The first-order chi connectivity index (χ1) is 8.20. The van der Waals surface area contributed by atoms with Crippen LogP contribution < -0.4 is 5.32 Å². The minimum absolute atomic E-state index is 0.0360. The maximum atomic E-state index is 11.6. The lowest BCUT2D eigenvalue weighted by Gasteiger charge is -2.12. The minimum Gasteiger partial charge on any atom is -0.468 e. The van der Waals surface area contributed by atoms with Crippen LogP contribution in [0.25, 0.3) is 0 Å². The molecule has 6 nitrogen and oxygen atoms in total. The number of hydrogen-bond donors (Lipinski definition) is 1. The Kier molecular flexibility index (Phi) is 3.22. The summed E-state index contributed by atoms with van der Waals surface area (Å²) in [5, 5.41) is 2.77. The number of rotatable bonds is 3. The fraction of sp³-hybridized carbons (Fsp3) is 0.364. The summed E-state index contributed by atoms with van der Waals surface area (Å²) in [5.74, 6) is -0.429. The van der Waals surface area contributed by atoms with Gasteiger partial charge in [-0.1, -0.05) is 6.07 Å². The van der Waals surface area contributed by atoms with Crippen molar-refractivity contribution < 1.29 is 14.3 Å². The maximum absolute atomic E-state index is 11.6. The van der Waals surface area contributed by atoms with Gasteiger partial charge in [-0.2, -0.15) is 0 Å². The van der Waals surface area contributed by atoms with E-state index in [0.29, 0.717) is 6.54 Å². The van der Waals surface area contributed by atoms with Crippen LogP contribution in [0, 0.1) is 0 Å². The van der Waals surface area contributed by atoms with Crippen LogP contribution in [0.5, 0.6) is 0 Å². The third kappa shape index (κ3) is 2.52. The van der Waals surface area contributed by atoms with Gasteiger partial charge in [-0.25, -0.2) is 4.79 Å². The van der Waals surface area contributed by atoms with Crippen LogP contribution in [0.2, 0.25) is 0 Å². The number of nitrogens with one attached hydrogen (secondary N) is 1. The van der Waals surface area contributed by atoms with Crippen molar-refractivity contribution in [2.75, 3.05) is 20.2 Å². The van der Waals surface area contributed by atoms with Crippen molar-refractivity contribution in [1.29, 1.82) is 0 Å².